The highest BCUT2D eigenvalue weighted by Gasteiger charge is 2.51. The van der Waals surface area contributed by atoms with Crippen LogP contribution in [0.4, 0.5) is 0 Å². The van der Waals surface area contributed by atoms with Crippen LogP contribution in [0, 0.1) is 0 Å². The highest BCUT2D eigenvalue weighted by atomic mass is 14.5. The Labute approximate surface area is 161 Å². The summed E-state index contributed by atoms with van der Waals surface area (Å²) >= 11 is 0. The minimum atomic E-state index is -0.359. The molecule has 4 radical (unpaired) electrons. The molecule has 6 rings (SSSR count). The van der Waals surface area contributed by atoms with Gasteiger partial charge in [0.2, 0.25) is 0 Å². The van der Waals surface area contributed by atoms with Gasteiger partial charge in [0.25, 0.3) is 0 Å². The topological polar surface area (TPSA) is 0 Å². The van der Waals surface area contributed by atoms with Crippen LogP contribution in [0.15, 0.2) is 84.9 Å². The first kappa shape index (κ1) is 15.1. The largest absolute Gasteiger partial charge is 0.113 e. The van der Waals surface area contributed by atoms with Crippen LogP contribution in [0.5, 0.6) is 0 Å². The first-order chi connectivity index (χ1) is 13.2. The summed E-state index contributed by atoms with van der Waals surface area (Å²) < 4.78 is 0. The highest BCUT2D eigenvalue weighted by Crippen LogP contribution is 2.62. The van der Waals surface area contributed by atoms with E-state index in [2.05, 4.69) is 72.8 Å². The molecule has 0 amide bonds. The molecule has 0 saturated heterocycles. The summed E-state index contributed by atoms with van der Waals surface area (Å²) in [6, 6.07) is 30.0. The lowest BCUT2D eigenvalue weighted by Gasteiger charge is -2.31. The fourth-order valence-electron chi connectivity index (χ4n) is 5.17. The Morgan fingerprint density at radius 2 is 0.852 bits per heavy atom. The number of hydrogen-bond donors (Lipinski definition) is 0. The molecule has 2 heteroatoms. The zero-order chi connectivity index (χ0) is 18.2. The lowest BCUT2D eigenvalue weighted by atomic mass is 9.69. The Morgan fingerprint density at radius 3 is 1.33 bits per heavy atom. The van der Waals surface area contributed by atoms with Crippen molar-refractivity contribution in [1.29, 1.82) is 0 Å². The normalized spacial score (nSPS) is 14.5. The molecule has 0 saturated carbocycles. The molecule has 0 unspecified atom stereocenters. The molecule has 0 bridgehead atoms. The van der Waals surface area contributed by atoms with E-state index in [1.54, 1.807) is 0 Å². The maximum atomic E-state index is 6.26. The molecule has 0 aliphatic heterocycles. The predicted octanol–water partition coefficient (Wildman–Crippen LogP) is 3.62. The van der Waals surface area contributed by atoms with Gasteiger partial charge in [0.05, 0.1) is 5.41 Å². The number of benzene rings is 4. The Morgan fingerprint density at radius 1 is 0.444 bits per heavy atom. The Bertz CT molecular complexity index is 1150. The second kappa shape index (κ2) is 5.04. The minimum Gasteiger partial charge on any atom is -0.0963 e. The van der Waals surface area contributed by atoms with E-state index in [0.29, 0.717) is 0 Å². The van der Waals surface area contributed by atoms with Crippen molar-refractivity contribution in [2.45, 2.75) is 5.41 Å². The fourth-order valence-corrected chi connectivity index (χ4v) is 5.17. The van der Waals surface area contributed by atoms with Crippen LogP contribution < -0.4 is 10.9 Å². The summed E-state index contributed by atoms with van der Waals surface area (Å²) in [7, 11) is 12.5. The molecule has 4 aromatic rings. The van der Waals surface area contributed by atoms with Crippen molar-refractivity contribution in [2.75, 3.05) is 0 Å². The van der Waals surface area contributed by atoms with Crippen LogP contribution in [0.25, 0.3) is 22.3 Å². The summed E-state index contributed by atoms with van der Waals surface area (Å²) in [5.74, 6) is 0. The Kier molecular flexibility index (Phi) is 2.82. The quantitative estimate of drug-likeness (QED) is 0.372. The fraction of sp³-hybridized carbons (Fsp3) is 0.0400. The SMILES string of the molecule is [B]c1ccc2c(c1)C1(c3ccccc3-c3ccccc31)c1cc([B])ccc1-2. The van der Waals surface area contributed by atoms with E-state index in [9.17, 15) is 0 Å². The maximum absolute atomic E-state index is 6.26. The van der Waals surface area contributed by atoms with Gasteiger partial charge >= 0.3 is 0 Å². The predicted molar refractivity (Wildman–Crippen MR) is 114 cm³/mol. The van der Waals surface area contributed by atoms with Gasteiger partial charge in [0.1, 0.15) is 15.7 Å². The molecule has 0 heterocycles. The minimum absolute atomic E-state index is 0.359. The van der Waals surface area contributed by atoms with Crippen LogP contribution in [-0.2, 0) is 5.41 Å². The third-order valence-electron chi connectivity index (χ3n) is 6.14. The molecular formula is C25H14B2. The van der Waals surface area contributed by atoms with E-state index < -0.39 is 0 Å². The van der Waals surface area contributed by atoms with E-state index in [4.69, 9.17) is 15.7 Å². The lowest BCUT2D eigenvalue weighted by Crippen LogP contribution is -2.28. The first-order valence-corrected chi connectivity index (χ1v) is 9.21. The standard InChI is InChI=1S/C25H14B2/c26-15-9-11-19-20-12-10-16(27)14-24(20)25(23(19)13-15)21-7-3-1-5-17(21)18-6-2-4-8-22(18)25/h1-14H. The summed E-state index contributed by atoms with van der Waals surface area (Å²) in [5.41, 5.74) is 11.4. The maximum Gasteiger partial charge on any atom is 0.113 e. The van der Waals surface area contributed by atoms with Crippen LogP contribution in [0.3, 0.4) is 0 Å². The number of rotatable bonds is 0. The summed E-state index contributed by atoms with van der Waals surface area (Å²) in [5, 5.41) is 0. The monoisotopic (exact) mass is 336 g/mol. The van der Waals surface area contributed by atoms with Crippen LogP contribution in [0.1, 0.15) is 22.3 Å². The third kappa shape index (κ3) is 1.71. The van der Waals surface area contributed by atoms with E-state index >= 15 is 0 Å². The highest BCUT2D eigenvalue weighted by molar-refractivity contribution is 6.33. The molecular weight excluding hydrogens is 322 g/mol. The van der Waals surface area contributed by atoms with Gasteiger partial charge in [-0.1, -0.05) is 95.9 Å². The van der Waals surface area contributed by atoms with Gasteiger partial charge in [0.15, 0.2) is 0 Å². The second-order valence-corrected chi connectivity index (χ2v) is 7.45. The van der Waals surface area contributed by atoms with Crippen LogP contribution in [-0.4, -0.2) is 15.7 Å². The van der Waals surface area contributed by atoms with Gasteiger partial charge in [0, 0.05) is 0 Å². The van der Waals surface area contributed by atoms with Crippen LogP contribution in [0.2, 0.25) is 0 Å². The van der Waals surface area contributed by atoms with Gasteiger partial charge in [-0.2, -0.15) is 0 Å². The van der Waals surface area contributed by atoms with Crippen molar-refractivity contribution >= 4 is 26.6 Å². The van der Waals surface area contributed by atoms with Crippen molar-refractivity contribution in [3.63, 3.8) is 0 Å². The molecule has 0 nitrogen and oxygen atoms in total. The first-order valence-electron chi connectivity index (χ1n) is 9.21. The van der Waals surface area contributed by atoms with E-state index in [0.717, 1.165) is 10.9 Å². The average Bonchev–Trinajstić information content (AvgIpc) is 3.14. The lowest BCUT2D eigenvalue weighted by molar-refractivity contribution is 0.795. The summed E-state index contributed by atoms with van der Waals surface area (Å²) in [6.45, 7) is 0. The number of hydrogen-bond acceptors (Lipinski definition) is 0. The van der Waals surface area contributed by atoms with Crippen molar-refractivity contribution < 1.29 is 0 Å². The Hall–Kier alpha value is -2.99. The van der Waals surface area contributed by atoms with E-state index in [-0.39, 0.29) is 5.41 Å². The molecule has 27 heavy (non-hydrogen) atoms. The smallest absolute Gasteiger partial charge is 0.0963 e. The van der Waals surface area contributed by atoms with Gasteiger partial charge < -0.3 is 0 Å². The van der Waals surface area contributed by atoms with Crippen molar-refractivity contribution in [1.82, 2.24) is 0 Å². The molecule has 0 aromatic heterocycles. The van der Waals surface area contributed by atoms with E-state index in [1.165, 1.54) is 44.5 Å². The summed E-state index contributed by atoms with van der Waals surface area (Å²) in [4.78, 5) is 0. The second-order valence-electron chi connectivity index (χ2n) is 7.45. The molecule has 2 aliphatic rings. The van der Waals surface area contributed by atoms with Gasteiger partial charge in [-0.25, -0.2) is 0 Å². The third-order valence-corrected chi connectivity index (χ3v) is 6.14. The molecule has 120 valence electrons. The Balaban J connectivity index is 1.88. The van der Waals surface area contributed by atoms with Gasteiger partial charge in [-0.05, 0) is 44.5 Å². The van der Waals surface area contributed by atoms with E-state index in [1.807, 2.05) is 12.1 Å². The molecule has 0 N–H and O–H groups in total. The summed E-state index contributed by atoms with van der Waals surface area (Å²) in [6.07, 6.45) is 0. The van der Waals surface area contributed by atoms with Crippen LogP contribution >= 0.6 is 0 Å². The van der Waals surface area contributed by atoms with Crippen molar-refractivity contribution in [3.8, 4) is 22.3 Å². The van der Waals surface area contributed by atoms with Gasteiger partial charge in [-0.15, -0.1) is 0 Å². The zero-order valence-corrected chi connectivity index (χ0v) is 14.7. The van der Waals surface area contributed by atoms with Crippen molar-refractivity contribution in [3.05, 3.63) is 107 Å². The molecule has 2 aliphatic carbocycles. The van der Waals surface area contributed by atoms with Crippen molar-refractivity contribution in [2.24, 2.45) is 0 Å². The molecule has 0 fully saturated rings. The molecule has 0 atom stereocenters. The molecule has 1 spiro atoms. The average molecular weight is 336 g/mol. The zero-order valence-electron chi connectivity index (χ0n) is 14.7. The van der Waals surface area contributed by atoms with Gasteiger partial charge in [-0.3, -0.25) is 0 Å². The number of fused-ring (bicyclic) bond motifs is 10. The molecule has 4 aromatic carbocycles.